The number of hydrogen-bond acceptors (Lipinski definition) is 4. The van der Waals surface area contributed by atoms with E-state index in [1.54, 1.807) is 6.08 Å². The Morgan fingerprint density at radius 2 is 1.68 bits per heavy atom. The van der Waals surface area contributed by atoms with E-state index in [0.717, 1.165) is 75.4 Å². The number of piperidine rings is 1. The molecule has 2 saturated heterocycles. The van der Waals surface area contributed by atoms with Gasteiger partial charge in [0, 0.05) is 41.8 Å². The quantitative estimate of drug-likeness (QED) is 0.557. The third kappa shape index (κ3) is 4.24. The fraction of sp³-hybridized carbons (Fsp3) is 0.462. The first-order valence-electron chi connectivity index (χ1n) is 12.3. The lowest BCUT2D eigenvalue weighted by molar-refractivity contribution is -0.133. The second kappa shape index (κ2) is 9.44. The third-order valence-electron chi connectivity index (χ3n) is 7.21. The fourth-order valence-corrected chi connectivity index (χ4v) is 5.41. The molecule has 0 spiro atoms. The highest BCUT2D eigenvalue weighted by Crippen LogP contribution is 2.28. The summed E-state index contributed by atoms with van der Waals surface area (Å²) in [5.41, 5.74) is 1.50. The van der Waals surface area contributed by atoms with Crippen LogP contribution in [0.4, 0.5) is 4.79 Å². The minimum absolute atomic E-state index is 0.0459. The number of aromatic nitrogens is 1. The van der Waals surface area contributed by atoms with Crippen LogP contribution in [0.5, 0.6) is 0 Å². The van der Waals surface area contributed by atoms with Crippen LogP contribution in [-0.4, -0.2) is 57.3 Å². The largest absolute Gasteiger partial charge is 0.341 e. The first kappa shape index (κ1) is 22.4. The molecule has 2 aliphatic heterocycles. The number of carbonyl (C=O) groups is 4. The lowest BCUT2D eigenvalue weighted by Gasteiger charge is -2.35. The molecular weight excluding hydrogens is 432 g/mol. The molecule has 0 unspecified atom stereocenters. The molecule has 3 heterocycles. The molecule has 0 radical (unpaired) electrons. The number of likely N-dealkylation sites (tertiary alicyclic amines) is 1. The first-order chi connectivity index (χ1) is 16.5. The number of barbiturate groups is 1. The van der Waals surface area contributed by atoms with Crippen LogP contribution < -0.4 is 5.32 Å². The van der Waals surface area contributed by atoms with Crippen molar-refractivity contribution in [3.63, 3.8) is 0 Å². The van der Waals surface area contributed by atoms with Gasteiger partial charge in [0.25, 0.3) is 11.8 Å². The van der Waals surface area contributed by atoms with E-state index in [0.29, 0.717) is 5.56 Å². The molecule has 3 aliphatic rings. The lowest BCUT2D eigenvalue weighted by atomic mass is 9.93. The number of imide groups is 2. The zero-order chi connectivity index (χ0) is 23.7. The van der Waals surface area contributed by atoms with Gasteiger partial charge in [0.15, 0.2) is 0 Å². The minimum atomic E-state index is -0.678. The molecule has 3 fully saturated rings. The smallest absolute Gasteiger partial charge is 0.331 e. The number of urea groups is 1. The highest BCUT2D eigenvalue weighted by molar-refractivity contribution is 6.31. The molecule has 1 aromatic heterocycles. The molecule has 34 heavy (non-hydrogen) atoms. The standard InChI is InChI=1S/C26H30N4O4/c31-23(28-13-7-2-8-14-28)17-29-16-18(20-11-5-6-12-22(20)29)15-21-24(32)27-26(34)30(25(21)33)19-9-3-1-4-10-19/h5-6,11-12,15-16,19H,1-4,7-10,13-14,17H2,(H,27,32,34)/b21-15+. The summed E-state index contributed by atoms with van der Waals surface area (Å²) in [5.74, 6) is -1.15. The van der Waals surface area contributed by atoms with Crippen molar-refractivity contribution in [3.05, 3.63) is 41.6 Å². The van der Waals surface area contributed by atoms with Gasteiger partial charge in [0.05, 0.1) is 0 Å². The van der Waals surface area contributed by atoms with E-state index in [2.05, 4.69) is 5.32 Å². The molecular formula is C26H30N4O4. The van der Waals surface area contributed by atoms with Crippen molar-refractivity contribution in [1.82, 2.24) is 19.7 Å². The van der Waals surface area contributed by atoms with Crippen LogP contribution in [0.25, 0.3) is 17.0 Å². The molecule has 2 aromatic rings. The van der Waals surface area contributed by atoms with Gasteiger partial charge in [-0.15, -0.1) is 0 Å². The Hall–Kier alpha value is -3.42. The van der Waals surface area contributed by atoms with Crippen molar-refractivity contribution in [3.8, 4) is 0 Å². The summed E-state index contributed by atoms with van der Waals surface area (Å²) in [6.45, 7) is 1.78. The summed E-state index contributed by atoms with van der Waals surface area (Å²) in [5, 5.41) is 3.20. The Morgan fingerprint density at radius 1 is 0.971 bits per heavy atom. The maximum atomic E-state index is 13.3. The molecule has 8 nitrogen and oxygen atoms in total. The van der Waals surface area contributed by atoms with E-state index < -0.39 is 17.8 Å². The van der Waals surface area contributed by atoms with Gasteiger partial charge in [-0.3, -0.25) is 24.6 Å². The Kier molecular flexibility index (Phi) is 6.22. The summed E-state index contributed by atoms with van der Waals surface area (Å²) < 4.78 is 1.88. The van der Waals surface area contributed by atoms with Crippen LogP contribution in [0.1, 0.15) is 56.9 Å². The highest BCUT2D eigenvalue weighted by atomic mass is 16.2. The van der Waals surface area contributed by atoms with Crippen molar-refractivity contribution in [2.45, 2.75) is 64.0 Å². The minimum Gasteiger partial charge on any atom is -0.341 e. The van der Waals surface area contributed by atoms with E-state index in [9.17, 15) is 19.2 Å². The number of nitrogens with zero attached hydrogens (tertiary/aromatic N) is 3. The van der Waals surface area contributed by atoms with Gasteiger partial charge in [0.2, 0.25) is 5.91 Å². The SMILES string of the molecule is O=C1NC(=O)N(C2CCCCC2)C(=O)/C1=C/c1cn(CC(=O)N2CCCCC2)c2ccccc12. The summed E-state index contributed by atoms with van der Waals surface area (Å²) in [4.78, 5) is 54.5. The van der Waals surface area contributed by atoms with E-state index >= 15 is 0 Å². The highest BCUT2D eigenvalue weighted by Gasteiger charge is 2.40. The van der Waals surface area contributed by atoms with Crippen LogP contribution in [0.2, 0.25) is 0 Å². The second-order valence-corrected chi connectivity index (χ2v) is 9.46. The van der Waals surface area contributed by atoms with Gasteiger partial charge in [-0.05, 0) is 44.2 Å². The van der Waals surface area contributed by atoms with Gasteiger partial charge < -0.3 is 9.47 Å². The summed E-state index contributed by atoms with van der Waals surface area (Å²) >= 11 is 0. The lowest BCUT2D eigenvalue weighted by Crippen LogP contribution is -2.58. The van der Waals surface area contributed by atoms with Crippen molar-refractivity contribution in [1.29, 1.82) is 0 Å². The van der Waals surface area contributed by atoms with Crippen molar-refractivity contribution >= 4 is 40.7 Å². The predicted octanol–water partition coefficient (Wildman–Crippen LogP) is 3.45. The zero-order valence-corrected chi connectivity index (χ0v) is 19.3. The fourth-order valence-electron chi connectivity index (χ4n) is 5.41. The van der Waals surface area contributed by atoms with E-state index in [4.69, 9.17) is 0 Å². The zero-order valence-electron chi connectivity index (χ0n) is 19.3. The maximum Gasteiger partial charge on any atom is 0.331 e. The maximum absolute atomic E-state index is 13.3. The molecule has 1 saturated carbocycles. The third-order valence-corrected chi connectivity index (χ3v) is 7.21. The molecule has 5 rings (SSSR count). The number of nitrogens with one attached hydrogen (secondary N) is 1. The molecule has 0 bridgehead atoms. The normalized spacial score (nSPS) is 21.4. The summed E-state index contributed by atoms with van der Waals surface area (Å²) in [6.07, 6.45) is 11.1. The first-order valence-corrected chi connectivity index (χ1v) is 12.3. The van der Waals surface area contributed by atoms with E-state index in [-0.39, 0.29) is 24.1 Å². The van der Waals surface area contributed by atoms with Crippen LogP contribution in [0.3, 0.4) is 0 Å². The van der Waals surface area contributed by atoms with Crippen molar-refractivity contribution < 1.29 is 19.2 Å². The van der Waals surface area contributed by atoms with Crippen LogP contribution in [0, 0.1) is 0 Å². The average molecular weight is 463 g/mol. The Morgan fingerprint density at radius 3 is 2.44 bits per heavy atom. The topological polar surface area (TPSA) is 91.7 Å². The molecule has 1 aromatic carbocycles. The molecule has 1 N–H and O–H groups in total. The molecule has 1 aliphatic carbocycles. The molecule has 8 heteroatoms. The number of benzene rings is 1. The number of rotatable bonds is 4. The number of amides is 5. The van der Waals surface area contributed by atoms with Gasteiger partial charge in [0.1, 0.15) is 12.1 Å². The average Bonchev–Trinajstić information content (AvgIpc) is 3.20. The number of para-hydroxylation sites is 1. The van der Waals surface area contributed by atoms with Crippen molar-refractivity contribution in [2.24, 2.45) is 0 Å². The molecule has 178 valence electrons. The van der Waals surface area contributed by atoms with Gasteiger partial charge >= 0.3 is 6.03 Å². The Bertz CT molecular complexity index is 1170. The van der Waals surface area contributed by atoms with Gasteiger partial charge in [-0.2, -0.15) is 0 Å². The monoisotopic (exact) mass is 462 g/mol. The van der Waals surface area contributed by atoms with Crippen LogP contribution in [-0.2, 0) is 20.9 Å². The second-order valence-electron chi connectivity index (χ2n) is 9.46. The van der Waals surface area contributed by atoms with Crippen LogP contribution in [0.15, 0.2) is 36.0 Å². The van der Waals surface area contributed by atoms with E-state index in [1.807, 2.05) is 39.9 Å². The number of carbonyl (C=O) groups excluding carboxylic acids is 4. The molecule has 5 amide bonds. The molecule has 0 atom stereocenters. The van der Waals surface area contributed by atoms with Gasteiger partial charge in [-0.25, -0.2) is 4.79 Å². The number of fused-ring (bicyclic) bond motifs is 1. The summed E-state index contributed by atoms with van der Waals surface area (Å²) in [7, 11) is 0. The van der Waals surface area contributed by atoms with Crippen LogP contribution >= 0.6 is 0 Å². The van der Waals surface area contributed by atoms with E-state index in [1.165, 1.54) is 4.90 Å². The number of hydrogen-bond donors (Lipinski definition) is 1. The Labute approximate surface area is 198 Å². The predicted molar refractivity (Wildman–Crippen MR) is 128 cm³/mol. The van der Waals surface area contributed by atoms with Crippen molar-refractivity contribution in [2.75, 3.05) is 13.1 Å². The Balaban J connectivity index is 1.46. The van der Waals surface area contributed by atoms with Gasteiger partial charge in [-0.1, -0.05) is 37.5 Å². The summed E-state index contributed by atoms with van der Waals surface area (Å²) in [6, 6.07) is 6.83.